The van der Waals surface area contributed by atoms with E-state index in [1.807, 2.05) is 12.1 Å². The average molecular weight is 437 g/mol. The highest BCUT2D eigenvalue weighted by Crippen LogP contribution is 2.50. The summed E-state index contributed by atoms with van der Waals surface area (Å²) in [6, 6.07) is 7.72. The molecule has 2 atom stereocenters. The van der Waals surface area contributed by atoms with Crippen LogP contribution in [-0.4, -0.2) is 22.3 Å². The predicted octanol–water partition coefficient (Wildman–Crippen LogP) is 4.58. The Labute approximate surface area is 178 Å². The molecule has 5 nitrogen and oxygen atoms in total. The number of ether oxygens (including phenoxy) is 2. The van der Waals surface area contributed by atoms with Gasteiger partial charge in [-0.15, -0.1) is 11.3 Å². The molecule has 0 unspecified atom stereocenters. The maximum absolute atomic E-state index is 11.5. The third-order valence-corrected chi connectivity index (χ3v) is 6.43. The normalized spacial score (nSPS) is 25.3. The first-order valence-electron chi connectivity index (χ1n) is 9.01. The van der Waals surface area contributed by atoms with E-state index in [2.05, 4.69) is 35.9 Å². The Morgan fingerprint density at radius 2 is 2.18 bits per heavy atom. The van der Waals surface area contributed by atoms with Gasteiger partial charge >= 0.3 is 5.97 Å². The van der Waals surface area contributed by atoms with Gasteiger partial charge < -0.3 is 20.1 Å². The van der Waals surface area contributed by atoms with Gasteiger partial charge in [-0.05, 0) is 43.6 Å². The number of thiophene rings is 1. The standard InChI is InChI=1S/C20H21ClN2O3S2/c1-11(24)25-16-8-15-12(7-14(16)21)13(17-5-4-6-28-17)9-20(26-15)10-19(2,3)22-18(27)23-20/h4-8,13H,9-10H2,1-3H3,(H2,22,23,27)/t13-,20+/m0/s1. The van der Waals surface area contributed by atoms with Crippen LogP contribution in [-0.2, 0) is 4.79 Å². The number of esters is 1. The number of halogens is 1. The molecule has 1 aromatic heterocycles. The van der Waals surface area contributed by atoms with Crippen LogP contribution in [0.4, 0.5) is 0 Å². The first-order chi connectivity index (χ1) is 13.2. The Morgan fingerprint density at radius 3 is 2.82 bits per heavy atom. The maximum atomic E-state index is 11.5. The molecule has 0 radical (unpaired) electrons. The number of rotatable bonds is 2. The van der Waals surface area contributed by atoms with Crippen molar-refractivity contribution >= 4 is 46.2 Å². The first kappa shape index (κ1) is 19.5. The second kappa shape index (κ2) is 6.90. The lowest BCUT2D eigenvalue weighted by atomic mass is 9.79. The summed E-state index contributed by atoms with van der Waals surface area (Å²) in [4.78, 5) is 12.7. The molecule has 2 aliphatic rings. The third-order valence-electron chi connectivity index (χ3n) is 4.94. The molecule has 0 saturated carbocycles. The van der Waals surface area contributed by atoms with E-state index < -0.39 is 11.7 Å². The number of thiocarbonyl (C=S) groups is 1. The highest BCUT2D eigenvalue weighted by Gasteiger charge is 2.49. The minimum atomic E-state index is -0.658. The van der Waals surface area contributed by atoms with Gasteiger partial charge in [0.05, 0.1) is 5.02 Å². The summed E-state index contributed by atoms with van der Waals surface area (Å²) < 4.78 is 11.8. The Hall–Kier alpha value is -1.83. The minimum absolute atomic E-state index is 0.0943. The van der Waals surface area contributed by atoms with Crippen LogP contribution in [0.1, 0.15) is 50.0 Å². The van der Waals surface area contributed by atoms with E-state index in [0.29, 0.717) is 28.1 Å². The molecule has 3 heterocycles. The van der Waals surface area contributed by atoms with Crippen LogP contribution in [0, 0.1) is 0 Å². The molecule has 1 aromatic carbocycles. The Morgan fingerprint density at radius 1 is 1.39 bits per heavy atom. The number of carbonyl (C=O) groups is 1. The third kappa shape index (κ3) is 3.71. The average Bonchev–Trinajstić information content (AvgIpc) is 3.07. The number of nitrogens with one attached hydrogen (secondary N) is 2. The van der Waals surface area contributed by atoms with Gasteiger partial charge in [0, 0.05) is 47.7 Å². The van der Waals surface area contributed by atoms with Crippen molar-refractivity contribution in [3.63, 3.8) is 0 Å². The fraction of sp³-hybridized carbons (Fsp3) is 0.400. The zero-order chi connectivity index (χ0) is 20.1. The van der Waals surface area contributed by atoms with Crippen LogP contribution in [0.15, 0.2) is 29.6 Å². The van der Waals surface area contributed by atoms with Gasteiger partial charge in [0.15, 0.2) is 16.6 Å². The lowest BCUT2D eigenvalue weighted by Gasteiger charge is -2.50. The summed E-state index contributed by atoms with van der Waals surface area (Å²) >= 11 is 13.6. The molecule has 1 saturated heterocycles. The fourth-order valence-electron chi connectivity index (χ4n) is 4.11. The maximum Gasteiger partial charge on any atom is 0.308 e. The summed E-state index contributed by atoms with van der Waals surface area (Å²) in [5.74, 6) is 0.616. The smallest absolute Gasteiger partial charge is 0.308 e. The number of carbonyl (C=O) groups excluding carboxylic acids is 1. The molecule has 1 spiro atoms. The van der Waals surface area contributed by atoms with Crippen LogP contribution >= 0.6 is 35.2 Å². The van der Waals surface area contributed by atoms with Crippen molar-refractivity contribution in [1.29, 1.82) is 0 Å². The van der Waals surface area contributed by atoms with Crippen molar-refractivity contribution in [2.24, 2.45) is 0 Å². The summed E-state index contributed by atoms with van der Waals surface area (Å²) in [6.07, 6.45) is 1.43. The molecule has 0 aliphatic carbocycles. The SMILES string of the molecule is CC(=O)Oc1cc2c(cc1Cl)[C@@H](c1cccs1)C[C@]1(CC(C)(C)NC(=S)N1)O2. The Balaban J connectivity index is 1.82. The van der Waals surface area contributed by atoms with E-state index in [1.54, 1.807) is 17.4 Å². The van der Waals surface area contributed by atoms with E-state index in [1.165, 1.54) is 11.8 Å². The van der Waals surface area contributed by atoms with Crippen LogP contribution in [0.2, 0.25) is 5.02 Å². The van der Waals surface area contributed by atoms with Gasteiger partial charge in [-0.25, -0.2) is 0 Å². The quantitative estimate of drug-likeness (QED) is 0.408. The van der Waals surface area contributed by atoms with E-state index in [0.717, 1.165) is 12.0 Å². The highest BCUT2D eigenvalue weighted by molar-refractivity contribution is 7.80. The van der Waals surface area contributed by atoms with Gasteiger partial charge in [-0.3, -0.25) is 4.79 Å². The summed E-state index contributed by atoms with van der Waals surface area (Å²) in [5.41, 5.74) is 0.109. The van der Waals surface area contributed by atoms with Crippen LogP contribution in [0.5, 0.6) is 11.5 Å². The van der Waals surface area contributed by atoms with E-state index in [9.17, 15) is 4.79 Å². The zero-order valence-electron chi connectivity index (χ0n) is 15.8. The number of fused-ring (bicyclic) bond motifs is 1. The second-order valence-electron chi connectivity index (χ2n) is 7.92. The van der Waals surface area contributed by atoms with Gasteiger partial charge in [0.2, 0.25) is 0 Å². The van der Waals surface area contributed by atoms with Crippen molar-refractivity contribution in [2.75, 3.05) is 0 Å². The zero-order valence-corrected chi connectivity index (χ0v) is 18.2. The van der Waals surface area contributed by atoms with E-state index in [4.69, 9.17) is 33.3 Å². The Bertz CT molecular complexity index is 945. The van der Waals surface area contributed by atoms with Gasteiger partial charge in [0.25, 0.3) is 0 Å². The Kier molecular flexibility index (Phi) is 4.80. The predicted molar refractivity (Wildman–Crippen MR) is 114 cm³/mol. The summed E-state index contributed by atoms with van der Waals surface area (Å²) in [5, 5.41) is 9.68. The first-order valence-corrected chi connectivity index (χ1v) is 10.7. The summed E-state index contributed by atoms with van der Waals surface area (Å²) in [6.45, 7) is 5.56. The lowest BCUT2D eigenvalue weighted by Crippen LogP contribution is -2.69. The molecule has 148 valence electrons. The van der Waals surface area contributed by atoms with Crippen molar-refractivity contribution in [2.45, 2.75) is 50.8 Å². The molecule has 0 amide bonds. The van der Waals surface area contributed by atoms with Crippen molar-refractivity contribution < 1.29 is 14.3 Å². The van der Waals surface area contributed by atoms with Gasteiger partial charge in [-0.2, -0.15) is 0 Å². The molecule has 28 heavy (non-hydrogen) atoms. The molecular weight excluding hydrogens is 416 g/mol. The molecule has 4 rings (SSSR count). The molecule has 2 aromatic rings. The molecular formula is C20H21ClN2O3S2. The van der Waals surface area contributed by atoms with Crippen LogP contribution < -0.4 is 20.1 Å². The number of benzene rings is 1. The highest BCUT2D eigenvalue weighted by atomic mass is 35.5. The number of hydrogen-bond acceptors (Lipinski definition) is 5. The van der Waals surface area contributed by atoms with Gasteiger partial charge in [0.1, 0.15) is 5.75 Å². The monoisotopic (exact) mass is 436 g/mol. The molecule has 0 bridgehead atoms. The van der Waals surface area contributed by atoms with Crippen LogP contribution in [0.3, 0.4) is 0 Å². The van der Waals surface area contributed by atoms with Crippen molar-refractivity contribution in [3.05, 3.63) is 45.1 Å². The topological polar surface area (TPSA) is 59.6 Å². The van der Waals surface area contributed by atoms with Crippen molar-refractivity contribution in [3.8, 4) is 11.5 Å². The van der Waals surface area contributed by atoms with E-state index in [-0.39, 0.29) is 11.5 Å². The largest absolute Gasteiger partial charge is 0.468 e. The molecule has 2 aliphatic heterocycles. The van der Waals surface area contributed by atoms with Crippen LogP contribution in [0.25, 0.3) is 0 Å². The second-order valence-corrected chi connectivity index (χ2v) is 9.72. The molecule has 2 N–H and O–H groups in total. The molecule has 1 fully saturated rings. The van der Waals surface area contributed by atoms with E-state index >= 15 is 0 Å². The molecule has 8 heteroatoms. The lowest BCUT2D eigenvalue weighted by molar-refractivity contribution is -0.131. The fourth-order valence-corrected chi connectivity index (χ4v) is 5.63. The van der Waals surface area contributed by atoms with Gasteiger partial charge in [-0.1, -0.05) is 17.7 Å². The minimum Gasteiger partial charge on any atom is -0.468 e. The summed E-state index contributed by atoms with van der Waals surface area (Å²) in [7, 11) is 0. The van der Waals surface area contributed by atoms with Crippen molar-refractivity contribution in [1.82, 2.24) is 10.6 Å². The number of hydrogen-bond donors (Lipinski definition) is 2.